The molecular formula is C49H69Cl2N4PRu. The normalized spacial score (nSPS) is 22.6. The third-order valence-electron chi connectivity index (χ3n) is 13.7. The van der Waals surface area contributed by atoms with Gasteiger partial charge < -0.3 is 15.1 Å². The first-order valence-electron chi connectivity index (χ1n) is 22.1. The number of nitrogens with one attached hydrogen (secondary N) is 2. The standard InChI is InChI=1S/C42H63N4P.C7H6.2ClH.Ru/c1-29-25-31(3)39(32(4)26-29)45-23-21-43-41(45)37-19-13-14-20-38(37)47(35-15-9-7-10-16-35,36-17-11-8-12-18-36)42-44-22-24-46(42)40-33(5)27-30(2)28-34(40)6;1-7-5-3-2-4-6-7;;;/h25-28,35-36,38,43-44H,7-24H2,1-6H3;1-6H;2*1H;/q;;;;+2/p-2. The number of halogens is 2. The van der Waals surface area contributed by atoms with Crippen LogP contribution in [0.2, 0.25) is 0 Å². The molecule has 1 unspecified atom stereocenters. The van der Waals surface area contributed by atoms with Crippen molar-refractivity contribution >= 4 is 47.8 Å². The Morgan fingerprint density at radius 3 is 1.65 bits per heavy atom. The number of aryl methyl sites for hydroxylation is 6. The maximum atomic E-state index is 5.67. The van der Waals surface area contributed by atoms with Crippen molar-refractivity contribution in [2.24, 2.45) is 0 Å². The van der Waals surface area contributed by atoms with Crippen molar-refractivity contribution in [1.82, 2.24) is 10.6 Å². The molecule has 2 aliphatic heterocycles. The third-order valence-corrected chi connectivity index (χ3v) is 21.8. The van der Waals surface area contributed by atoms with Crippen molar-refractivity contribution in [2.75, 3.05) is 36.0 Å². The molecule has 3 saturated carbocycles. The molecule has 0 amide bonds. The van der Waals surface area contributed by atoms with Crippen molar-refractivity contribution in [1.29, 1.82) is 0 Å². The van der Waals surface area contributed by atoms with Gasteiger partial charge in [-0.2, -0.15) is 0 Å². The molecular weight excluding hydrogens is 848 g/mol. The van der Waals surface area contributed by atoms with Gasteiger partial charge in [-0.3, -0.25) is 5.32 Å². The van der Waals surface area contributed by atoms with Crippen LogP contribution in [0.5, 0.6) is 0 Å². The number of hydrogen-bond donors (Lipinski definition) is 2. The number of anilines is 2. The van der Waals surface area contributed by atoms with Crippen LogP contribution in [-0.2, 0) is 13.5 Å². The molecule has 3 aromatic carbocycles. The van der Waals surface area contributed by atoms with E-state index in [2.05, 4.69) is 86.2 Å². The first-order valence-corrected chi connectivity index (χ1v) is 29.6. The molecule has 0 aromatic heterocycles. The fraction of sp³-hybridized carbons (Fsp3) is 0.551. The van der Waals surface area contributed by atoms with E-state index in [0.29, 0.717) is 5.66 Å². The van der Waals surface area contributed by atoms with Crippen LogP contribution < -0.4 is 20.4 Å². The maximum absolute atomic E-state index is 5.67. The van der Waals surface area contributed by atoms with Crippen LogP contribution in [0.25, 0.3) is 0 Å². The molecule has 2 heterocycles. The van der Waals surface area contributed by atoms with Crippen molar-refractivity contribution < 1.29 is 13.5 Å². The Morgan fingerprint density at radius 2 is 1.11 bits per heavy atom. The summed E-state index contributed by atoms with van der Waals surface area (Å²) in [7, 11) is 11.3. The fourth-order valence-electron chi connectivity index (χ4n) is 11.9. The molecule has 1 atom stereocenters. The first kappa shape index (κ1) is 43.2. The summed E-state index contributed by atoms with van der Waals surface area (Å²) in [5.41, 5.74) is 18.6. The van der Waals surface area contributed by atoms with Gasteiger partial charge in [-0.25, -0.2) is 0 Å². The molecule has 3 aliphatic carbocycles. The van der Waals surface area contributed by atoms with Crippen molar-refractivity contribution in [3.8, 4) is 0 Å². The predicted octanol–water partition coefficient (Wildman–Crippen LogP) is 12.7. The zero-order valence-electron chi connectivity index (χ0n) is 35.7. The van der Waals surface area contributed by atoms with Crippen LogP contribution in [0.4, 0.5) is 11.4 Å². The average Bonchev–Trinajstić information content (AvgIpc) is 3.87. The molecule has 57 heavy (non-hydrogen) atoms. The van der Waals surface area contributed by atoms with Gasteiger partial charge in [0.15, 0.2) is 0 Å². The van der Waals surface area contributed by atoms with E-state index in [0.717, 1.165) is 43.1 Å². The minimum absolute atomic E-state index is 0.686. The van der Waals surface area contributed by atoms with Gasteiger partial charge in [0, 0.05) is 43.2 Å². The predicted molar refractivity (Wildman–Crippen MR) is 250 cm³/mol. The van der Waals surface area contributed by atoms with Crippen molar-refractivity contribution in [2.45, 2.75) is 148 Å². The van der Waals surface area contributed by atoms with Crippen LogP contribution in [0, 0.1) is 41.5 Å². The summed E-state index contributed by atoms with van der Waals surface area (Å²) in [6.45, 7) is 16.6. The number of benzene rings is 3. The van der Waals surface area contributed by atoms with Crippen molar-refractivity contribution in [3.63, 3.8) is 0 Å². The summed E-state index contributed by atoms with van der Waals surface area (Å²) < 4.78 is 1.92. The summed E-state index contributed by atoms with van der Waals surface area (Å²) >= 11 is -1.61. The number of hydrogen-bond acceptors (Lipinski definition) is 2. The van der Waals surface area contributed by atoms with Crippen LogP contribution in [0.15, 0.2) is 66.0 Å². The molecule has 2 N–H and O–H groups in total. The molecule has 0 spiro atoms. The van der Waals surface area contributed by atoms with E-state index < -0.39 is 20.4 Å². The van der Waals surface area contributed by atoms with Crippen LogP contribution >= 0.6 is 26.3 Å². The van der Waals surface area contributed by atoms with Gasteiger partial charge in [-0.1, -0.05) is 87.2 Å². The molecule has 8 rings (SSSR count). The van der Waals surface area contributed by atoms with Crippen LogP contribution in [0.3, 0.4) is 0 Å². The second-order valence-corrected chi connectivity index (χ2v) is 27.6. The van der Waals surface area contributed by atoms with Gasteiger partial charge in [0.1, 0.15) is 5.82 Å². The van der Waals surface area contributed by atoms with E-state index in [9.17, 15) is 0 Å². The molecule has 0 bridgehead atoms. The third kappa shape index (κ3) is 9.40. The SMILES string of the molecule is Cc1cc(C)c(N2CCNC2=C2CCCCC2P(=C2NCCN2c2c(C)cc(C)cc2C)(C2CCCCC2)C2CCCCC2)c(C)c1.[Cl][Ru]([Cl])=[CH]c1ccccc1. The average molecular weight is 917 g/mol. The molecule has 2 saturated heterocycles. The Balaban J connectivity index is 0.000000434. The Bertz CT molecular complexity index is 1920. The Morgan fingerprint density at radius 1 is 0.614 bits per heavy atom. The monoisotopic (exact) mass is 916 g/mol. The number of allylic oxidation sites excluding steroid dienone is 1. The molecule has 8 heteroatoms. The van der Waals surface area contributed by atoms with Gasteiger partial charge in [-0.15, -0.1) is 0 Å². The minimum atomic E-state index is -1.69. The second-order valence-electron chi connectivity index (χ2n) is 17.7. The zero-order chi connectivity index (χ0) is 40.1. The summed E-state index contributed by atoms with van der Waals surface area (Å²) in [6.07, 6.45) is 19.8. The van der Waals surface area contributed by atoms with Crippen molar-refractivity contribution in [3.05, 3.63) is 105 Å². The van der Waals surface area contributed by atoms with E-state index in [4.69, 9.17) is 19.4 Å². The Labute approximate surface area is 359 Å². The molecule has 3 aromatic rings. The summed E-state index contributed by atoms with van der Waals surface area (Å²) in [5.74, 6) is 1.51. The first-order chi connectivity index (χ1) is 27.6. The quantitative estimate of drug-likeness (QED) is 0.191. The van der Waals surface area contributed by atoms with Gasteiger partial charge in [0.2, 0.25) is 0 Å². The van der Waals surface area contributed by atoms with Crippen LogP contribution in [-0.4, -0.2) is 53.3 Å². The topological polar surface area (TPSA) is 30.5 Å². The number of rotatable bonds is 6. The van der Waals surface area contributed by atoms with E-state index in [-0.39, 0.29) is 0 Å². The van der Waals surface area contributed by atoms with Gasteiger partial charge >= 0.3 is 73.4 Å². The van der Waals surface area contributed by atoms with E-state index in [1.54, 1.807) is 5.54 Å². The zero-order valence-corrected chi connectivity index (χ0v) is 39.8. The molecule has 312 valence electrons. The summed E-state index contributed by atoms with van der Waals surface area (Å²) in [6, 6.07) is 19.6. The summed E-state index contributed by atoms with van der Waals surface area (Å²) in [5, 5.41) is 8.41. The van der Waals surface area contributed by atoms with Gasteiger partial charge in [0.25, 0.3) is 0 Å². The van der Waals surface area contributed by atoms with E-state index in [1.165, 1.54) is 140 Å². The van der Waals surface area contributed by atoms with E-state index >= 15 is 0 Å². The molecule has 4 nitrogen and oxygen atoms in total. The molecule has 5 aliphatic rings. The number of nitrogens with zero attached hydrogens (tertiary/aromatic N) is 2. The molecule has 5 fully saturated rings. The van der Waals surface area contributed by atoms with Gasteiger partial charge in [-0.05, 0) is 126 Å². The molecule has 0 radical (unpaired) electrons. The fourth-order valence-corrected chi connectivity index (χ4v) is 21.2. The van der Waals surface area contributed by atoms with Gasteiger partial charge in [0.05, 0.1) is 5.54 Å². The Hall–Kier alpha value is -1.87. The summed E-state index contributed by atoms with van der Waals surface area (Å²) in [4.78, 5) is 5.64. The van der Waals surface area contributed by atoms with E-state index in [1.807, 2.05) is 40.5 Å². The Kier molecular flexibility index (Phi) is 14.9. The van der Waals surface area contributed by atoms with Crippen LogP contribution in [0.1, 0.15) is 129 Å². The second kappa shape index (κ2) is 19.7.